The Morgan fingerprint density at radius 3 is 2.25 bits per heavy atom. The number of piperidine rings is 1. The van der Waals surface area contributed by atoms with E-state index in [1.807, 2.05) is 0 Å². The molecule has 1 fully saturated rings. The molecule has 0 radical (unpaired) electrons. The third-order valence-corrected chi connectivity index (χ3v) is 4.02. The van der Waals surface area contributed by atoms with Crippen molar-refractivity contribution in [1.29, 1.82) is 0 Å². The van der Waals surface area contributed by atoms with Crippen molar-refractivity contribution in [3.63, 3.8) is 0 Å². The van der Waals surface area contributed by atoms with E-state index in [1.54, 1.807) is 12.1 Å². The Kier molecular flexibility index (Phi) is 5.80. The first-order chi connectivity index (χ1) is 11.3. The fourth-order valence-corrected chi connectivity index (χ4v) is 2.65. The van der Waals surface area contributed by atoms with Crippen LogP contribution in [0.5, 0.6) is 0 Å². The molecule has 1 aromatic carbocycles. The molecule has 0 aliphatic carbocycles. The van der Waals surface area contributed by atoms with Crippen LogP contribution in [0, 0.1) is 11.7 Å². The summed E-state index contributed by atoms with van der Waals surface area (Å²) in [5.74, 6) is -2.80. The lowest BCUT2D eigenvalue weighted by Gasteiger charge is -2.31. The molecule has 0 spiro atoms. The van der Waals surface area contributed by atoms with E-state index >= 15 is 0 Å². The number of nitrogens with one attached hydrogen (secondary N) is 1. The second kappa shape index (κ2) is 7.63. The first-order valence-corrected chi connectivity index (χ1v) is 7.65. The van der Waals surface area contributed by atoms with Gasteiger partial charge in [0.05, 0.1) is 0 Å². The maximum Gasteiger partial charge on any atom is 0.471 e. The number of alkyl halides is 3. The van der Waals surface area contributed by atoms with E-state index in [0.717, 1.165) is 10.5 Å². The van der Waals surface area contributed by atoms with Gasteiger partial charge in [-0.25, -0.2) is 4.39 Å². The highest BCUT2D eigenvalue weighted by Crippen LogP contribution is 2.23. The summed E-state index contributed by atoms with van der Waals surface area (Å²) in [6.07, 6.45) is -3.91. The fraction of sp³-hybridized carbons (Fsp3) is 0.500. The average molecular weight is 346 g/mol. The van der Waals surface area contributed by atoms with Crippen molar-refractivity contribution in [2.45, 2.75) is 25.4 Å². The SMILES string of the molecule is O=C(NCCc1ccc(F)cc1)C1CCN(C(=O)C(F)(F)F)CC1. The number of hydrogen-bond donors (Lipinski definition) is 1. The van der Waals surface area contributed by atoms with Crippen LogP contribution in [0.1, 0.15) is 18.4 Å². The summed E-state index contributed by atoms with van der Waals surface area (Å²) in [6.45, 7) is 0.217. The van der Waals surface area contributed by atoms with E-state index in [4.69, 9.17) is 0 Å². The van der Waals surface area contributed by atoms with Crippen molar-refractivity contribution in [3.8, 4) is 0 Å². The minimum Gasteiger partial charge on any atom is -0.356 e. The van der Waals surface area contributed by atoms with E-state index < -0.39 is 18.0 Å². The smallest absolute Gasteiger partial charge is 0.356 e. The van der Waals surface area contributed by atoms with E-state index in [1.165, 1.54) is 12.1 Å². The molecular weight excluding hydrogens is 328 g/mol. The van der Waals surface area contributed by atoms with Crippen LogP contribution in [0.3, 0.4) is 0 Å². The van der Waals surface area contributed by atoms with Gasteiger partial charge >= 0.3 is 12.1 Å². The van der Waals surface area contributed by atoms with E-state index in [9.17, 15) is 27.2 Å². The maximum atomic E-state index is 12.8. The van der Waals surface area contributed by atoms with Crippen LogP contribution in [0.2, 0.25) is 0 Å². The van der Waals surface area contributed by atoms with Gasteiger partial charge in [0.1, 0.15) is 5.82 Å². The topological polar surface area (TPSA) is 49.4 Å². The zero-order chi connectivity index (χ0) is 17.7. The first kappa shape index (κ1) is 18.2. The van der Waals surface area contributed by atoms with Crippen LogP contribution < -0.4 is 5.32 Å². The zero-order valence-electron chi connectivity index (χ0n) is 12.9. The number of carbonyl (C=O) groups excluding carboxylic acids is 2. The Hall–Kier alpha value is -2.12. The molecule has 1 saturated heterocycles. The number of benzene rings is 1. The molecule has 0 aromatic heterocycles. The number of rotatable bonds is 4. The minimum atomic E-state index is -4.87. The van der Waals surface area contributed by atoms with Gasteiger partial charge in [0.25, 0.3) is 0 Å². The molecule has 2 rings (SSSR count). The Balaban J connectivity index is 1.73. The Morgan fingerprint density at radius 2 is 1.71 bits per heavy atom. The van der Waals surface area contributed by atoms with Gasteiger partial charge in [0.15, 0.2) is 0 Å². The molecule has 1 N–H and O–H groups in total. The molecule has 1 heterocycles. The molecule has 0 bridgehead atoms. The largest absolute Gasteiger partial charge is 0.471 e. The highest BCUT2D eigenvalue weighted by Gasteiger charge is 2.43. The molecule has 0 unspecified atom stereocenters. The summed E-state index contributed by atoms with van der Waals surface area (Å²) >= 11 is 0. The number of halogens is 4. The number of carbonyl (C=O) groups is 2. The number of amides is 2. The molecule has 1 aliphatic rings. The average Bonchev–Trinajstić information content (AvgIpc) is 2.55. The Labute approximate surface area is 136 Å². The van der Waals surface area contributed by atoms with Crippen molar-refractivity contribution in [2.75, 3.05) is 19.6 Å². The van der Waals surface area contributed by atoms with Gasteiger partial charge in [-0.3, -0.25) is 9.59 Å². The molecule has 1 aromatic rings. The summed E-state index contributed by atoms with van der Waals surface area (Å²) in [4.78, 5) is 23.9. The number of nitrogens with zero attached hydrogens (tertiary/aromatic N) is 1. The van der Waals surface area contributed by atoms with Crippen LogP contribution in [0.15, 0.2) is 24.3 Å². The summed E-state index contributed by atoms with van der Waals surface area (Å²) in [6, 6.07) is 5.93. The quantitative estimate of drug-likeness (QED) is 0.851. The van der Waals surface area contributed by atoms with Crippen LogP contribution in [0.4, 0.5) is 17.6 Å². The Morgan fingerprint density at radius 1 is 1.12 bits per heavy atom. The lowest BCUT2D eigenvalue weighted by molar-refractivity contribution is -0.186. The van der Waals surface area contributed by atoms with E-state index in [2.05, 4.69) is 5.32 Å². The third-order valence-electron chi connectivity index (χ3n) is 4.02. The summed E-state index contributed by atoms with van der Waals surface area (Å²) < 4.78 is 49.8. The van der Waals surface area contributed by atoms with E-state index in [0.29, 0.717) is 13.0 Å². The number of likely N-dealkylation sites (tertiary alicyclic amines) is 1. The van der Waals surface area contributed by atoms with Gasteiger partial charge < -0.3 is 10.2 Å². The van der Waals surface area contributed by atoms with Crippen molar-refractivity contribution in [3.05, 3.63) is 35.6 Å². The van der Waals surface area contributed by atoms with Crippen LogP contribution in [0.25, 0.3) is 0 Å². The predicted octanol–water partition coefficient (Wildman–Crippen LogP) is 2.29. The number of hydrogen-bond acceptors (Lipinski definition) is 2. The van der Waals surface area contributed by atoms with Gasteiger partial charge in [-0.2, -0.15) is 13.2 Å². The molecule has 0 saturated carbocycles. The predicted molar refractivity (Wildman–Crippen MR) is 78.5 cm³/mol. The normalized spacial score (nSPS) is 16.1. The second-order valence-electron chi connectivity index (χ2n) is 5.73. The molecule has 8 heteroatoms. The summed E-state index contributed by atoms with van der Waals surface area (Å²) in [5, 5.41) is 2.73. The molecule has 4 nitrogen and oxygen atoms in total. The molecule has 132 valence electrons. The monoisotopic (exact) mass is 346 g/mol. The summed E-state index contributed by atoms with van der Waals surface area (Å²) in [7, 11) is 0. The zero-order valence-corrected chi connectivity index (χ0v) is 12.9. The van der Waals surface area contributed by atoms with Gasteiger partial charge in [-0.1, -0.05) is 12.1 Å². The van der Waals surface area contributed by atoms with Crippen molar-refractivity contribution >= 4 is 11.8 Å². The van der Waals surface area contributed by atoms with Crippen molar-refractivity contribution < 1.29 is 27.2 Å². The lowest BCUT2D eigenvalue weighted by Crippen LogP contribution is -2.47. The highest BCUT2D eigenvalue weighted by molar-refractivity contribution is 5.83. The van der Waals surface area contributed by atoms with Crippen LogP contribution in [-0.2, 0) is 16.0 Å². The van der Waals surface area contributed by atoms with Crippen molar-refractivity contribution in [2.24, 2.45) is 5.92 Å². The molecule has 2 amide bonds. The Bertz CT molecular complexity index is 579. The molecule has 1 aliphatic heterocycles. The van der Waals surface area contributed by atoms with Crippen LogP contribution in [-0.4, -0.2) is 42.5 Å². The van der Waals surface area contributed by atoms with Crippen molar-refractivity contribution in [1.82, 2.24) is 10.2 Å². The molecular formula is C16H18F4N2O2. The third kappa shape index (κ3) is 4.94. The van der Waals surface area contributed by atoms with Gasteiger partial charge in [0, 0.05) is 25.6 Å². The lowest BCUT2D eigenvalue weighted by atomic mass is 9.95. The van der Waals surface area contributed by atoms with Gasteiger partial charge in [-0.05, 0) is 37.0 Å². The molecule has 0 atom stereocenters. The second-order valence-corrected chi connectivity index (χ2v) is 5.73. The van der Waals surface area contributed by atoms with E-state index in [-0.39, 0.29) is 37.7 Å². The van der Waals surface area contributed by atoms with Gasteiger partial charge in [-0.15, -0.1) is 0 Å². The minimum absolute atomic E-state index is 0.0750. The molecule has 24 heavy (non-hydrogen) atoms. The summed E-state index contributed by atoms with van der Waals surface area (Å²) in [5.41, 5.74) is 0.877. The van der Waals surface area contributed by atoms with Gasteiger partial charge in [0.2, 0.25) is 5.91 Å². The maximum absolute atomic E-state index is 12.8. The highest BCUT2D eigenvalue weighted by atomic mass is 19.4. The first-order valence-electron chi connectivity index (χ1n) is 7.65. The fourth-order valence-electron chi connectivity index (χ4n) is 2.65. The standard InChI is InChI=1S/C16H18F4N2O2/c17-13-3-1-11(2-4-13)5-8-21-14(23)12-6-9-22(10-7-12)15(24)16(18,19)20/h1-4,12H,5-10H2,(H,21,23). The van der Waals surface area contributed by atoms with Crippen LogP contribution >= 0.6 is 0 Å².